The van der Waals surface area contributed by atoms with Gasteiger partial charge in [0.2, 0.25) is 0 Å². The Labute approximate surface area is 163 Å². The van der Waals surface area contributed by atoms with Gasteiger partial charge in [0.05, 0.1) is 26.0 Å². The number of aromatic nitrogens is 3. The number of hydrogen-bond donors (Lipinski definition) is 1. The van der Waals surface area contributed by atoms with Crippen molar-refractivity contribution in [3.05, 3.63) is 57.6 Å². The Bertz CT molecular complexity index is 1040. The third-order valence-electron chi connectivity index (χ3n) is 5.43. The zero-order valence-electron chi connectivity index (χ0n) is 16.6. The molecule has 3 aromatic rings. The maximum Gasteiger partial charge on any atom is 0.272 e. The minimum atomic E-state index is -0.0782. The van der Waals surface area contributed by atoms with E-state index in [1.807, 2.05) is 25.1 Å². The molecule has 28 heavy (non-hydrogen) atoms. The molecule has 3 heterocycles. The molecule has 7 nitrogen and oxygen atoms in total. The Kier molecular flexibility index (Phi) is 5.09. The van der Waals surface area contributed by atoms with Gasteiger partial charge >= 0.3 is 0 Å². The third kappa shape index (κ3) is 3.38. The molecule has 1 aromatic carbocycles. The molecule has 0 unspecified atom stereocenters. The first-order valence-electron chi connectivity index (χ1n) is 9.64. The molecular formula is C21H26N4O3. The number of aromatic amines is 1. The summed E-state index contributed by atoms with van der Waals surface area (Å²) in [4.78, 5) is 19.2. The van der Waals surface area contributed by atoms with Crippen LogP contribution in [0.4, 0.5) is 0 Å². The van der Waals surface area contributed by atoms with Crippen molar-refractivity contribution in [2.45, 2.75) is 38.8 Å². The lowest BCUT2D eigenvalue weighted by Crippen LogP contribution is -2.33. The van der Waals surface area contributed by atoms with Crippen molar-refractivity contribution in [3.8, 4) is 11.5 Å². The van der Waals surface area contributed by atoms with E-state index < -0.39 is 0 Å². The number of aryl methyl sites for hydroxylation is 1. The van der Waals surface area contributed by atoms with E-state index in [9.17, 15) is 4.79 Å². The van der Waals surface area contributed by atoms with Crippen LogP contribution in [-0.4, -0.2) is 40.3 Å². The number of piperidine rings is 1. The second-order valence-corrected chi connectivity index (χ2v) is 7.28. The summed E-state index contributed by atoms with van der Waals surface area (Å²) in [6.45, 7) is 3.58. The van der Waals surface area contributed by atoms with E-state index in [4.69, 9.17) is 9.47 Å². The highest BCUT2D eigenvalue weighted by atomic mass is 16.5. The average molecular weight is 382 g/mol. The summed E-state index contributed by atoms with van der Waals surface area (Å²) >= 11 is 0. The molecule has 0 radical (unpaired) electrons. The maximum atomic E-state index is 12.3. The lowest BCUT2D eigenvalue weighted by atomic mass is 9.98. The minimum absolute atomic E-state index is 0.0782. The van der Waals surface area contributed by atoms with Gasteiger partial charge in [0.25, 0.3) is 5.56 Å². The molecule has 148 valence electrons. The molecule has 1 aliphatic rings. The number of rotatable bonds is 5. The second kappa shape index (κ2) is 7.67. The van der Waals surface area contributed by atoms with Crippen LogP contribution in [-0.2, 0) is 6.54 Å². The first-order chi connectivity index (χ1) is 13.6. The molecule has 0 saturated carbocycles. The average Bonchev–Trinajstić information content (AvgIpc) is 3.12. The fourth-order valence-electron chi connectivity index (χ4n) is 4.13. The summed E-state index contributed by atoms with van der Waals surface area (Å²) in [5.41, 5.74) is 3.44. The number of likely N-dealkylation sites (tertiary alicyclic amines) is 1. The highest BCUT2D eigenvalue weighted by Gasteiger charge is 2.27. The van der Waals surface area contributed by atoms with Gasteiger partial charge in [-0.2, -0.15) is 0 Å². The Balaban J connectivity index is 1.68. The van der Waals surface area contributed by atoms with Crippen LogP contribution in [0.5, 0.6) is 11.5 Å². The number of H-pyrrole nitrogens is 1. The SMILES string of the molecule is COc1cccc(CN2CCCC[C@@H]2c2cc3nc(C)cc(=O)n3[nH]2)c1OC. The van der Waals surface area contributed by atoms with E-state index in [2.05, 4.69) is 21.0 Å². The Hall–Kier alpha value is -2.80. The lowest BCUT2D eigenvalue weighted by molar-refractivity contribution is 0.135. The number of para-hydroxylation sites is 1. The number of ether oxygens (including phenoxy) is 2. The highest BCUT2D eigenvalue weighted by Crippen LogP contribution is 2.36. The number of nitrogens with zero attached hydrogens (tertiary/aromatic N) is 3. The van der Waals surface area contributed by atoms with E-state index in [1.54, 1.807) is 20.3 Å². The van der Waals surface area contributed by atoms with Crippen molar-refractivity contribution in [1.29, 1.82) is 0 Å². The quantitative estimate of drug-likeness (QED) is 0.734. The number of benzene rings is 1. The first kappa shape index (κ1) is 18.6. The van der Waals surface area contributed by atoms with E-state index in [0.717, 1.165) is 60.8 Å². The van der Waals surface area contributed by atoms with Gasteiger partial charge in [-0.25, -0.2) is 9.50 Å². The lowest BCUT2D eigenvalue weighted by Gasteiger charge is -2.35. The number of methoxy groups -OCH3 is 2. The van der Waals surface area contributed by atoms with Crippen LogP contribution in [0.15, 0.2) is 35.1 Å². The van der Waals surface area contributed by atoms with Crippen molar-refractivity contribution in [2.24, 2.45) is 0 Å². The van der Waals surface area contributed by atoms with Crippen LogP contribution in [0, 0.1) is 6.92 Å². The molecule has 1 N–H and O–H groups in total. The van der Waals surface area contributed by atoms with Crippen LogP contribution in [0.1, 0.15) is 42.3 Å². The van der Waals surface area contributed by atoms with Gasteiger partial charge in [0, 0.05) is 29.9 Å². The Morgan fingerprint density at radius 3 is 2.86 bits per heavy atom. The van der Waals surface area contributed by atoms with E-state index in [1.165, 1.54) is 4.52 Å². The smallest absolute Gasteiger partial charge is 0.272 e. The van der Waals surface area contributed by atoms with Gasteiger partial charge in [-0.15, -0.1) is 0 Å². The molecule has 1 saturated heterocycles. The zero-order chi connectivity index (χ0) is 19.7. The standard InChI is InChI=1S/C21H26N4O3/c1-14-11-20(26)25-19(22-14)12-16(23-25)17-8-4-5-10-24(17)13-15-7-6-9-18(27-2)21(15)28-3/h6-7,9,11-12,17,23H,4-5,8,10,13H2,1-3H3/t17-/m1/s1. The molecule has 1 aliphatic heterocycles. The van der Waals surface area contributed by atoms with Gasteiger partial charge < -0.3 is 9.47 Å². The van der Waals surface area contributed by atoms with Gasteiger partial charge in [0.15, 0.2) is 17.1 Å². The van der Waals surface area contributed by atoms with Gasteiger partial charge in [-0.05, 0) is 32.4 Å². The van der Waals surface area contributed by atoms with Crippen molar-refractivity contribution in [3.63, 3.8) is 0 Å². The van der Waals surface area contributed by atoms with E-state index in [-0.39, 0.29) is 11.6 Å². The fourth-order valence-corrected chi connectivity index (χ4v) is 4.13. The zero-order valence-corrected chi connectivity index (χ0v) is 16.6. The van der Waals surface area contributed by atoms with E-state index >= 15 is 0 Å². The molecule has 1 fully saturated rings. The number of nitrogens with one attached hydrogen (secondary N) is 1. The molecule has 4 rings (SSSR count). The van der Waals surface area contributed by atoms with Crippen molar-refractivity contribution in [2.75, 3.05) is 20.8 Å². The van der Waals surface area contributed by atoms with Crippen LogP contribution >= 0.6 is 0 Å². The molecule has 0 spiro atoms. The van der Waals surface area contributed by atoms with Crippen LogP contribution in [0.3, 0.4) is 0 Å². The monoisotopic (exact) mass is 382 g/mol. The van der Waals surface area contributed by atoms with Crippen LogP contribution in [0.2, 0.25) is 0 Å². The highest BCUT2D eigenvalue weighted by molar-refractivity contribution is 5.46. The molecule has 0 bridgehead atoms. The number of hydrogen-bond acceptors (Lipinski definition) is 5. The summed E-state index contributed by atoms with van der Waals surface area (Å²) in [5, 5.41) is 3.27. The van der Waals surface area contributed by atoms with Gasteiger partial charge in [0.1, 0.15) is 0 Å². The van der Waals surface area contributed by atoms with Crippen molar-refractivity contribution in [1.82, 2.24) is 19.5 Å². The third-order valence-corrected chi connectivity index (χ3v) is 5.43. The molecule has 0 amide bonds. The molecular weight excluding hydrogens is 356 g/mol. The summed E-state index contributed by atoms with van der Waals surface area (Å²) in [7, 11) is 3.33. The Morgan fingerprint density at radius 1 is 1.21 bits per heavy atom. The fraction of sp³-hybridized carbons (Fsp3) is 0.429. The van der Waals surface area contributed by atoms with Gasteiger partial charge in [-0.1, -0.05) is 18.6 Å². The Morgan fingerprint density at radius 2 is 2.07 bits per heavy atom. The summed E-state index contributed by atoms with van der Waals surface area (Å²) in [6.07, 6.45) is 3.35. The molecule has 2 aromatic heterocycles. The molecule has 7 heteroatoms. The predicted molar refractivity (Wildman–Crippen MR) is 107 cm³/mol. The van der Waals surface area contributed by atoms with Crippen LogP contribution < -0.4 is 15.0 Å². The largest absolute Gasteiger partial charge is 0.493 e. The first-order valence-corrected chi connectivity index (χ1v) is 9.64. The maximum absolute atomic E-state index is 12.3. The summed E-state index contributed by atoms with van der Waals surface area (Å²) < 4.78 is 12.6. The minimum Gasteiger partial charge on any atom is -0.493 e. The van der Waals surface area contributed by atoms with E-state index in [0.29, 0.717) is 5.65 Å². The summed E-state index contributed by atoms with van der Waals surface area (Å²) in [5.74, 6) is 1.52. The summed E-state index contributed by atoms with van der Waals surface area (Å²) in [6, 6.07) is 9.73. The van der Waals surface area contributed by atoms with Crippen molar-refractivity contribution >= 4 is 5.65 Å². The normalized spacial score (nSPS) is 17.8. The van der Waals surface area contributed by atoms with Gasteiger partial charge in [-0.3, -0.25) is 14.8 Å². The predicted octanol–water partition coefficient (Wildman–Crippen LogP) is 3.08. The second-order valence-electron chi connectivity index (χ2n) is 7.28. The van der Waals surface area contributed by atoms with Crippen molar-refractivity contribution < 1.29 is 9.47 Å². The topological polar surface area (TPSA) is 71.9 Å². The molecule has 0 aliphatic carbocycles. The van der Waals surface area contributed by atoms with Crippen LogP contribution in [0.25, 0.3) is 5.65 Å². The number of fused-ring (bicyclic) bond motifs is 1. The molecule has 1 atom stereocenters.